The monoisotopic (exact) mass is 273 g/mol. The second-order valence-electron chi connectivity index (χ2n) is 4.06. The van der Waals surface area contributed by atoms with Crippen LogP contribution in [0.25, 0.3) is 0 Å². The Bertz CT molecular complexity index is 575. The van der Waals surface area contributed by atoms with E-state index in [4.69, 9.17) is 12.2 Å². The summed E-state index contributed by atoms with van der Waals surface area (Å²) >= 11 is 0. The number of hydrogen-bond donors (Lipinski definition) is 3. The molecular formula is C14H15N3O3. The minimum absolute atomic E-state index is 0.00335. The number of hydrogen-bond acceptors (Lipinski definition) is 3. The van der Waals surface area contributed by atoms with Crippen molar-refractivity contribution in [2.45, 2.75) is 19.4 Å². The lowest BCUT2D eigenvalue weighted by Crippen LogP contribution is -2.44. The van der Waals surface area contributed by atoms with Crippen molar-refractivity contribution in [1.82, 2.24) is 5.32 Å². The Labute approximate surface area is 116 Å². The van der Waals surface area contributed by atoms with Gasteiger partial charge in [-0.25, -0.2) is 0 Å². The third-order valence-corrected chi connectivity index (χ3v) is 2.45. The van der Waals surface area contributed by atoms with Crippen molar-refractivity contribution in [2.24, 2.45) is 5.73 Å². The Kier molecular flexibility index (Phi) is 5.30. The van der Waals surface area contributed by atoms with Crippen LogP contribution >= 0.6 is 0 Å². The number of carbonyl (C=O) groups excluding carboxylic acids is 3. The second kappa shape index (κ2) is 6.95. The van der Waals surface area contributed by atoms with Gasteiger partial charge in [0.05, 0.1) is 11.3 Å². The number of para-hydroxylation sites is 1. The van der Waals surface area contributed by atoms with Crippen LogP contribution in [0.2, 0.25) is 0 Å². The van der Waals surface area contributed by atoms with E-state index in [0.717, 1.165) is 0 Å². The second-order valence-corrected chi connectivity index (χ2v) is 4.06. The number of primary amides is 1. The number of rotatable bonds is 5. The van der Waals surface area contributed by atoms with Crippen LogP contribution in [0.5, 0.6) is 0 Å². The quantitative estimate of drug-likeness (QED) is 0.670. The number of nitrogens with one attached hydrogen (secondary N) is 2. The maximum atomic E-state index is 12.1. The standard InChI is InChI=1S/C14H15N3O3/c1-3-6-12(13(15)19)17-14(20)10-7-4-5-8-11(10)16-9(2)18/h1,4-5,7-8,12H,6H2,2H3,(H2,15,19)(H,16,18)(H,17,20)/t12-/m0/s1. The molecule has 0 unspecified atom stereocenters. The van der Waals surface area contributed by atoms with Crippen LogP contribution in [-0.4, -0.2) is 23.8 Å². The molecule has 6 nitrogen and oxygen atoms in total. The maximum absolute atomic E-state index is 12.1. The van der Waals surface area contributed by atoms with Crippen LogP contribution in [0, 0.1) is 12.3 Å². The Balaban J connectivity index is 2.94. The van der Waals surface area contributed by atoms with Gasteiger partial charge in [0.2, 0.25) is 11.8 Å². The summed E-state index contributed by atoms with van der Waals surface area (Å²) in [5.74, 6) is 0.714. The summed E-state index contributed by atoms with van der Waals surface area (Å²) in [7, 11) is 0. The van der Waals surface area contributed by atoms with Crippen molar-refractivity contribution >= 4 is 23.4 Å². The molecule has 0 aromatic heterocycles. The van der Waals surface area contributed by atoms with E-state index in [2.05, 4.69) is 16.6 Å². The predicted molar refractivity (Wildman–Crippen MR) is 74.6 cm³/mol. The minimum Gasteiger partial charge on any atom is -0.368 e. The number of carbonyl (C=O) groups is 3. The molecule has 0 heterocycles. The van der Waals surface area contributed by atoms with Crippen LogP contribution in [-0.2, 0) is 9.59 Å². The zero-order chi connectivity index (χ0) is 15.1. The third-order valence-electron chi connectivity index (χ3n) is 2.45. The number of anilines is 1. The molecule has 0 aliphatic heterocycles. The van der Waals surface area contributed by atoms with Crippen molar-refractivity contribution in [3.05, 3.63) is 29.8 Å². The van der Waals surface area contributed by atoms with Gasteiger partial charge in [0.1, 0.15) is 6.04 Å². The zero-order valence-electron chi connectivity index (χ0n) is 11.0. The van der Waals surface area contributed by atoms with E-state index in [-0.39, 0.29) is 17.9 Å². The largest absolute Gasteiger partial charge is 0.368 e. The predicted octanol–water partition coefficient (Wildman–Crippen LogP) is 0.252. The van der Waals surface area contributed by atoms with Crippen LogP contribution in [0.4, 0.5) is 5.69 Å². The zero-order valence-corrected chi connectivity index (χ0v) is 11.0. The summed E-state index contributed by atoms with van der Waals surface area (Å²) in [4.78, 5) is 34.3. The van der Waals surface area contributed by atoms with Crippen LogP contribution in [0.3, 0.4) is 0 Å². The molecule has 6 heteroatoms. The summed E-state index contributed by atoms with van der Waals surface area (Å²) in [6.45, 7) is 1.33. The van der Waals surface area contributed by atoms with E-state index < -0.39 is 17.9 Å². The van der Waals surface area contributed by atoms with E-state index in [1.807, 2.05) is 0 Å². The van der Waals surface area contributed by atoms with E-state index in [9.17, 15) is 14.4 Å². The average Bonchev–Trinajstić information content (AvgIpc) is 2.37. The Morgan fingerprint density at radius 2 is 2.00 bits per heavy atom. The van der Waals surface area contributed by atoms with Crippen molar-refractivity contribution < 1.29 is 14.4 Å². The van der Waals surface area contributed by atoms with Crippen LogP contribution in [0.1, 0.15) is 23.7 Å². The smallest absolute Gasteiger partial charge is 0.254 e. The van der Waals surface area contributed by atoms with Gasteiger partial charge in [-0.05, 0) is 12.1 Å². The van der Waals surface area contributed by atoms with Crippen LogP contribution in [0.15, 0.2) is 24.3 Å². The molecule has 1 atom stereocenters. The number of benzene rings is 1. The SMILES string of the molecule is C#CC[C@H](NC(=O)c1ccccc1NC(C)=O)C(N)=O. The molecule has 1 aromatic carbocycles. The fourth-order valence-corrected chi connectivity index (χ4v) is 1.56. The lowest BCUT2D eigenvalue weighted by atomic mass is 10.1. The number of nitrogens with two attached hydrogens (primary N) is 1. The Hall–Kier alpha value is -2.81. The Morgan fingerprint density at radius 3 is 2.55 bits per heavy atom. The highest BCUT2D eigenvalue weighted by molar-refractivity contribution is 6.04. The molecule has 0 bridgehead atoms. The van der Waals surface area contributed by atoms with Crippen molar-refractivity contribution in [2.75, 3.05) is 5.32 Å². The summed E-state index contributed by atoms with van der Waals surface area (Å²) in [5.41, 5.74) is 5.73. The van der Waals surface area contributed by atoms with Gasteiger partial charge in [-0.3, -0.25) is 14.4 Å². The summed E-state index contributed by atoms with van der Waals surface area (Å²) in [6, 6.07) is 5.47. The normalized spacial score (nSPS) is 11.0. The van der Waals surface area contributed by atoms with Gasteiger partial charge in [0.25, 0.3) is 5.91 Å². The van der Waals surface area contributed by atoms with Crippen molar-refractivity contribution in [3.8, 4) is 12.3 Å². The van der Waals surface area contributed by atoms with Gasteiger partial charge < -0.3 is 16.4 Å². The molecule has 0 radical (unpaired) electrons. The molecule has 0 spiro atoms. The molecule has 20 heavy (non-hydrogen) atoms. The lowest BCUT2D eigenvalue weighted by molar-refractivity contribution is -0.119. The molecule has 104 valence electrons. The lowest BCUT2D eigenvalue weighted by Gasteiger charge is -2.15. The van der Waals surface area contributed by atoms with Gasteiger partial charge in [0, 0.05) is 13.3 Å². The number of terminal acetylenes is 1. The van der Waals surface area contributed by atoms with Crippen LogP contribution < -0.4 is 16.4 Å². The molecule has 1 rings (SSSR count). The molecule has 0 saturated carbocycles. The van der Waals surface area contributed by atoms with Gasteiger partial charge >= 0.3 is 0 Å². The minimum atomic E-state index is -0.946. The topological polar surface area (TPSA) is 101 Å². The van der Waals surface area contributed by atoms with E-state index in [1.165, 1.54) is 13.0 Å². The highest BCUT2D eigenvalue weighted by Gasteiger charge is 2.19. The van der Waals surface area contributed by atoms with Crippen molar-refractivity contribution in [3.63, 3.8) is 0 Å². The summed E-state index contributed by atoms with van der Waals surface area (Å²) in [5, 5.41) is 4.97. The molecular weight excluding hydrogens is 258 g/mol. The first-order valence-corrected chi connectivity index (χ1v) is 5.86. The fraction of sp³-hybridized carbons (Fsp3) is 0.214. The maximum Gasteiger partial charge on any atom is 0.254 e. The van der Waals surface area contributed by atoms with E-state index in [0.29, 0.717) is 5.69 Å². The highest BCUT2D eigenvalue weighted by atomic mass is 16.2. The molecule has 3 amide bonds. The molecule has 0 fully saturated rings. The van der Waals surface area contributed by atoms with E-state index >= 15 is 0 Å². The van der Waals surface area contributed by atoms with Gasteiger partial charge in [0.15, 0.2) is 0 Å². The van der Waals surface area contributed by atoms with Gasteiger partial charge in [-0.15, -0.1) is 12.3 Å². The fourth-order valence-electron chi connectivity index (χ4n) is 1.56. The third kappa shape index (κ3) is 4.14. The Morgan fingerprint density at radius 1 is 1.35 bits per heavy atom. The van der Waals surface area contributed by atoms with E-state index in [1.54, 1.807) is 18.2 Å². The summed E-state index contributed by atoms with van der Waals surface area (Å²) in [6.07, 6.45) is 5.11. The molecule has 0 saturated heterocycles. The average molecular weight is 273 g/mol. The first-order chi connectivity index (χ1) is 9.45. The highest BCUT2D eigenvalue weighted by Crippen LogP contribution is 2.15. The first kappa shape index (κ1) is 15.2. The number of amides is 3. The first-order valence-electron chi connectivity index (χ1n) is 5.86. The summed E-state index contributed by atoms with van der Waals surface area (Å²) < 4.78 is 0. The molecule has 1 aromatic rings. The molecule has 0 aliphatic carbocycles. The van der Waals surface area contributed by atoms with Crippen molar-refractivity contribution in [1.29, 1.82) is 0 Å². The molecule has 0 aliphatic rings. The van der Waals surface area contributed by atoms with Gasteiger partial charge in [-0.1, -0.05) is 12.1 Å². The molecule has 4 N–H and O–H groups in total. The van der Waals surface area contributed by atoms with Gasteiger partial charge in [-0.2, -0.15) is 0 Å².